The monoisotopic (exact) mass is 298 g/mol. The van der Waals surface area contributed by atoms with Gasteiger partial charge in [0.15, 0.2) is 0 Å². The Morgan fingerprint density at radius 3 is 2.55 bits per heavy atom. The van der Waals surface area contributed by atoms with Crippen LogP contribution in [0.3, 0.4) is 0 Å². The summed E-state index contributed by atoms with van der Waals surface area (Å²) >= 11 is 0. The van der Waals surface area contributed by atoms with Gasteiger partial charge in [-0.3, -0.25) is 4.79 Å². The summed E-state index contributed by atoms with van der Waals surface area (Å²) in [5.74, 6) is 0.613. The third-order valence-electron chi connectivity index (χ3n) is 3.52. The van der Waals surface area contributed by atoms with Crippen LogP contribution in [-0.4, -0.2) is 30.4 Å². The molecule has 0 aliphatic rings. The molecule has 0 heterocycles. The first kappa shape index (κ1) is 18.9. The minimum atomic E-state index is 0. The van der Waals surface area contributed by atoms with Gasteiger partial charge in [-0.1, -0.05) is 43.7 Å². The minimum absolute atomic E-state index is 0. The van der Waals surface area contributed by atoms with Gasteiger partial charge in [0.1, 0.15) is 0 Å². The predicted octanol–water partition coefficient (Wildman–Crippen LogP) is 2.79. The van der Waals surface area contributed by atoms with E-state index in [-0.39, 0.29) is 24.4 Å². The van der Waals surface area contributed by atoms with E-state index in [1.165, 1.54) is 5.56 Å². The van der Waals surface area contributed by atoms with Crippen molar-refractivity contribution in [1.82, 2.24) is 4.90 Å². The molecule has 20 heavy (non-hydrogen) atoms. The van der Waals surface area contributed by atoms with Crippen molar-refractivity contribution in [3.05, 3.63) is 35.4 Å². The van der Waals surface area contributed by atoms with E-state index in [1.54, 1.807) is 4.90 Å². The molecule has 0 bridgehead atoms. The molecule has 1 rings (SSSR count). The smallest absolute Gasteiger partial charge is 0.226 e. The Hall–Kier alpha value is -1.06. The van der Waals surface area contributed by atoms with Gasteiger partial charge in [0.05, 0.1) is 6.42 Å². The minimum Gasteiger partial charge on any atom is -0.345 e. The van der Waals surface area contributed by atoms with Crippen LogP contribution in [0.2, 0.25) is 0 Å². The molecular weight excluding hydrogens is 272 g/mol. The van der Waals surface area contributed by atoms with E-state index in [2.05, 4.69) is 19.9 Å². The van der Waals surface area contributed by atoms with Crippen LogP contribution in [-0.2, 0) is 11.2 Å². The molecule has 0 radical (unpaired) electrons. The van der Waals surface area contributed by atoms with Gasteiger partial charge in [-0.25, -0.2) is 0 Å². The normalized spacial score (nSPS) is 11.9. The van der Waals surface area contributed by atoms with Gasteiger partial charge in [-0.2, -0.15) is 0 Å². The number of nitrogens with two attached hydrogens (primary N) is 1. The molecular formula is C16H27ClN2O. The van der Waals surface area contributed by atoms with Crippen molar-refractivity contribution in [2.75, 3.05) is 13.6 Å². The van der Waals surface area contributed by atoms with Gasteiger partial charge < -0.3 is 10.6 Å². The van der Waals surface area contributed by atoms with Crippen LogP contribution >= 0.6 is 12.4 Å². The van der Waals surface area contributed by atoms with Crippen molar-refractivity contribution < 1.29 is 4.79 Å². The SMILES string of the molecule is Cc1cccc(CC(=O)N(C)CCC(N)C(C)C)c1.Cl. The van der Waals surface area contributed by atoms with Crippen molar-refractivity contribution in [2.45, 2.75) is 39.7 Å². The average molecular weight is 299 g/mol. The maximum Gasteiger partial charge on any atom is 0.226 e. The highest BCUT2D eigenvalue weighted by atomic mass is 35.5. The molecule has 2 N–H and O–H groups in total. The first-order chi connectivity index (χ1) is 8.90. The number of carbonyl (C=O) groups is 1. The van der Waals surface area contributed by atoms with Crippen molar-refractivity contribution in [3.63, 3.8) is 0 Å². The van der Waals surface area contributed by atoms with Gasteiger partial charge in [0, 0.05) is 19.6 Å². The number of halogens is 1. The van der Waals surface area contributed by atoms with Crippen molar-refractivity contribution >= 4 is 18.3 Å². The molecule has 1 aromatic carbocycles. The van der Waals surface area contributed by atoms with E-state index in [9.17, 15) is 4.79 Å². The zero-order valence-corrected chi connectivity index (χ0v) is 13.7. The van der Waals surface area contributed by atoms with Gasteiger partial charge in [0.25, 0.3) is 0 Å². The van der Waals surface area contributed by atoms with Crippen LogP contribution < -0.4 is 5.73 Å². The Balaban J connectivity index is 0.00000361. The Morgan fingerprint density at radius 2 is 2.00 bits per heavy atom. The third-order valence-corrected chi connectivity index (χ3v) is 3.52. The Kier molecular flexibility index (Phi) is 8.51. The number of likely N-dealkylation sites (N-methyl/N-ethyl adjacent to an activating group) is 1. The first-order valence-corrected chi connectivity index (χ1v) is 6.95. The molecule has 0 aliphatic heterocycles. The molecule has 0 fully saturated rings. The number of benzene rings is 1. The maximum atomic E-state index is 12.1. The van der Waals surface area contributed by atoms with Crippen LogP contribution in [0.25, 0.3) is 0 Å². The zero-order chi connectivity index (χ0) is 14.4. The van der Waals surface area contributed by atoms with E-state index in [0.717, 1.165) is 18.5 Å². The number of rotatable bonds is 6. The zero-order valence-electron chi connectivity index (χ0n) is 12.9. The summed E-state index contributed by atoms with van der Waals surface area (Å²) in [6.45, 7) is 6.99. The van der Waals surface area contributed by atoms with Crippen molar-refractivity contribution in [3.8, 4) is 0 Å². The standard InChI is InChI=1S/C16H26N2O.ClH/c1-12(2)15(17)8-9-18(4)16(19)11-14-7-5-6-13(3)10-14;/h5-7,10,12,15H,8-9,11,17H2,1-4H3;1H. The topological polar surface area (TPSA) is 46.3 Å². The summed E-state index contributed by atoms with van der Waals surface area (Å²) in [6.07, 6.45) is 1.32. The van der Waals surface area contributed by atoms with Crippen LogP contribution in [0.1, 0.15) is 31.4 Å². The lowest BCUT2D eigenvalue weighted by molar-refractivity contribution is -0.129. The fourth-order valence-electron chi connectivity index (χ4n) is 1.93. The summed E-state index contributed by atoms with van der Waals surface area (Å²) in [4.78, 5) is 13.9. The second-order valence-corrected chi connectivity index (χ2v) is 5.68. The molecule has 0 aromatic heterocycles. The molecule has 1 amide bonds. The highest BCUT2D eigenvalue weighted by Gasteiger charge is 2.13. The lowest BCUT2D eigenvalue weighted by Gasteiger charge is -2.21. The molecule has 0 spiro atoms. The lowest BCUT2D eigenvalue weighted by Crippen LogP contribution is -2.35. The number of carbonyl (C=O) groups excluding carboxylic acids is 1. The summed E-state index contributed by atoms with van der Waals surface area (Å²) in [6, 6.07) is 8.25. The van der Waals surface area contributed by atoms with Crippen LogP contribution in [0.15, 0.2) is 24.3 Å². The Labute approximate surface area is 128 Å². The van der Waals surface area contributed by atoms with Gasteiger partial charge in [-0.05, 0) is 24.8 Å². The maximum absolute atomic E-state index is 12.1. The van der Waals surface area contributed by atoms with E-state index >= 15 is 0 Å². The molecule has 0 aliphatic carbocycles. The summed E-state index contributed by atoms with van der Waals surface area (Å²) < 4.78 is 0. The molecule has 0 saturated heterocycles. The Morgan fingerprint density at radius 1 is 1.35 bits per heavy atom. The van der Waals surface area contributed by atoms with E-state index in [1.807, 2.05) is 32.2 Å². The molecule has 1 atom stereocenters. The second-order valence-electron chi connectivity index (χ2n) is 5.68. The van der Waals surface area contributed by atoms with Gasteiger partial charge in [-0.15, -0.1) is 12.4 Å². The number of nitrogens with zero attached hydrogens (tertiary/aromatic N) is 1. The van der Waals surface area contributed by atoms with E-state index < -0.39 is 0 Å². The highest BCUT2D eigenvalue weighted by Crippen LogP contribution is 2.08. The largest absolute Gasteiger partial charge is 0.345 e. The lowest BCUT2D eigenvalue weighted by atomic mass is 10.0. The highest BCUT2D eigenvalue weighted by molar-refractivity contribution is 5.85. The third kappa shape index (κ3) is 6.40. The summed E-state index contributed by atoms with van der Waals surface area (Å²) in [5, 5.41) is 0. The fraction of sp³-hybridized carbons (Fsp3) is 0.562. The van der Waals surface area contributed by atoms with Gasteiger partial charge in [0.2, 0.25) is 5.91 Å². The molecule has 3 nitrogen and oxygen atoms in total. The average Bonchev–Trinajstić information content (AvgIpc) is 2.35. The van der Waals surface area contributed by atoms with Crippen LogP contribution in [0, 0.1) is 12.8 Å². The predicted molar refractivity (Wildman–Crippen MR) is 87.2 cm³/mol. The molecule has 1 aromatic rings. The van der Waals surface area contributed by atoms with Gasteiger partial charge >= 0.3 is 0 Å². The number of hydrogen-bond donors (Lipinski definition) is 1. The van der Waals surface area contributed by atoms with E-state index in [4.69, 9.17) is 5.73 Å². The molecule has 114 valence electrons. The first-order valence-electron chi connectivity index (χ1n) is 6.95. The number of amides is 1. The molecule has 0 saturated carbocycles. The Bertz CT molecular complexity index is 421. The van der Waals surface area contributed by atoms with E-state index in [0.29, 0.717) is 12.3 Å². The number of aryl methyl sites for hydroxylation is 1. The second kappa shape index (κ2) is 8.98. The summed E-state index contributed by atoms with van der Waals surface area (Å²) in [5.41, 5.74) is 8.26. The van der Waals surface area contributed by atoms with Crippen LogP contribution in [0.4, 0.5) is 0 Å². The molecule has 1 unspecified atom stereocenters. The van der Waals surface area contributed by atoms with Crippen LogP contribution in [0.5, 0.6) is 0 Å². The molecule has 4 heteroatoms. The van der Waals surface area contributed by atoms with Crippen molar-refractivity contribution in [1.29, 1.82) is 0 Å². The van der Waals surface area contributed by atoms with Crippen molar-refractivity contribution in [2.24, 2.45) is 11.7 Å². The quantitative estimate of drug-likeness (QED) is 0.878. The fourth-order valence-corrected chi connectivity index (χ4v) is 1.93. The summed E-state index contributed by atoms with van der Waals surface area (Å²) in [7, 11) is 1.85. The number of hydrogen-bond acceptors (Lipinski definition) is 2.